The van der Waals surface area contributed by atoms with E-state index in [1.807, 2.05) is 0 Å². The quantitative estimate of drug-likeness (QED) is 0.624. The largest absolute Gasteiger partial charge is 0.492 e. The fraction of sp³-hybridized carbons (Fsp3) is 0.263. The van der Waals surface area contributed by atoms with Crippen molar-refractivity contribution in [1.29, 1.82) is 0 Å². The van der Waals surface area contributed by atoms with Crippen molar-refractivity contribution in [2.75, 3.05) is 22.0 Å². The Bertz CT molecular complexity index is 973. The molecule has 0 spiro atoms. The zero-order valence-electron chi connectivity index (χ0n) is 15.9. The highest BCUT2D eigenvalue weighted by atomic mass is 32.2. The summed E-state index contributed by atoms with van der Waals surface area (Å²) in [4.78, 5) is 22.9. The molecule has 9 heteroatoms. The average Bonchev–Trinajstić information content (AvgIpc) is 2.62. The molecule has 2 aromatic rings. The molecular weight excluding hydrogens is 382 g/mol. The molecule has 0 aliphatic heterocycles. The van der Waals surface area contributed by atoms with E-state index in [0.29, 0.717) is 23.7 Å². The first-order chi connectivity index (χ1) is 13.2. The van der Waals surface area contributed by atoms with Gasteiger partial charge in [-0.1, -0.05) is 13.0 Å². The fourth-order valence-electron chi connectivity index (χ4n) is 2.37. The van der Waals surface area contributed by atoms with Gasteiger partial charge in [0.05, 0.1) is 22.9 Å². The Hall–Kier alpha value is -3.07. The number of nitrogens with one attached hydrogen (secondary N) is 3. The highest BCUT2D eigenvalue weighted by Gasteiger charge is 2.18. The van der Waals surface area contributed by atoms with Gasteiger partial charge in [0, 0.05) is 19.0 Å². The smallest absolute Gasteiger partial charge is 0.261 e. The van der Waals surface area contributed by atoms with Crippen LogP contribution in [0, 0.1) is 0 Å². The lowest BCUT2D eigenvalue weighted by Crippen LogP contribution is -2.15. The second-order valence-corrected chi connectivity index (χ2v) is 7.54. The third-order valence-corrected chi connectivity index (χ3v) is 4.97. The molecule has 0 aliphatic rings. The van der Waals surface area contributed by atoms with Crippen LogP contribution < -0.4 is 20.1 Å². The minimum absolute atomic E-state index is 0.0349. The van der Waals surface area contributed by atoms with Gasteiger partial charge < -0.3 is 15.4 Å². The van der Waals surface area contributed by atoms with Crippen LogP contribution in [0.4, 0.5) is 17.1 Å². The van der Waals surface area contributed by atoms with E-state index < -0.39 is 10.0 Å². The Morgan fingerprint density at radius 3 is 2.36 bits per heavy atom. The van der Waals surface area contributed by atoms with E-state index in [4.69, 9.17) is 4.74 Å². The Labute approximate surface area is 164 Å². The summed E-state index contributed by atoms with van der Waals surface area (Å²) in [5, 5.41) is 5.24. The molecule has 0 heterocycles. The summed E-state index contributed by atoms with van der Waals surface area (Å²) in [7, 11) is -3.92. The lowest BCUT2D eigenvalue weighted by molar-refractivity contribution is -0.116. The van der Waals surface area contributed by atoms with Crippen molar-refractivity contribution in [3.8, 4) is 5.75 Å². The molecule has 0 bridgehead atoms. The van der Waals surface area contributed by atoms with E-state index in [1.54, 1.807) is 32.0 Å². The lowest BCUT2D eigenvalue weighted by atomic mass is 10.3. The van der Waals surface area contributed by atoms with Crippen LogP contribution in [-0.2, 0) is 19.6 Å². The van der Waals surface area contributed by atoms with Gasteiger partial charge in [0.1, 0.15) is 5.75 Å². The summed E-state index contributed by atoms with van der Waals surface area (Å²) in [6.45, 7) is 5.22. The second-order valence-electron chi connectivity index (χ2n) is 5.86. The Kier molecular flexibility index (Phi) is 7.00. The van der Waals surface area contributed by atoms with Gasteiger partial charge in [-0.05, 0) is 43.3 Å². The first-order valence-corrected chi connectivity index (χ1v) is 10.2. The SMILES string of the molecule is CCOc1ccc(S(=O)(=O)Nc2cccc(NC(C)=O)c2)cc1NC(=O)CC. The second kappa shape index (κ2) is 9.23. The fourth-order valence-corrected chi connectivity index (χ4v) is 3.45. The van der Waals surface area contributed by atoms with Crippen molar-refractivity contribution in [2.45, 2.75) is 32.1 Å². The average molecular weight is 405 g/mol. The topological polar surface area (TPSA) is 114 Å². The minimum atomic E-state index is -3.92. The van der Waals surface area contributed by atoms with E-state index in [0.717, 1.165) is 0 Å². The van der Waals surface area contributed by atoms with Crippen LogP contribution in [0.5, 0.6) is 5.75 Å². The predicted octanol–water partition coefficient (Wildman–Crippen LogP) is 3.19. The number of amides is 2. The number of rotatable bonds is 8. The maximum atomic E-state index is 12.8. The van der Waals surface area contributed by atoms with Crippen LogP contribution in [0.2, 0.25) is 0 Å². The van der Waals surface area contributed by atoms with E-state index in [-0.39, 0.29) is 28.8 Å². The number of hydrogen-bond donors (Lipinski definition) is 3. The summed E-state index contributed by atoms with van der Waals surface area (Å²) in [6, 6.07) is 10.6. The summed E-state index contributed by atoms with van der Waals surface area (Å²) in [5.41, 5.74) is 1.04. The van der Waals surface area contributed by atoms with Crippen LogP contribution >= 0.6 is 0 Å². The molecule has 3 N–H and O–H groups in total. The van der Waals surface area contributed by atoms with Gasteiger partial charge in [-0.2, -0.15) is 0 Å². The molecule has 0 saturated carbocycles. The van der Waals surface area contributed by atoms with Gasteiger partial charge in [0.2, 0.25) is 11.8 Å². The summed E-state index contributed by atoms with van der Waals surface area (Å²) >= 11 is 0. The molecule has 2 rings (SSSR count). The molecule has 2 aromatic carbocycles. The van der Waals surface area contributed by atoms with Crippen LogP contribution in [0.25, 0.3) is 0 Å². The molecule has 8 nitrogen and oxygen atoms in total. The summed E-state index contributed by atoms with van der Waals surface area (Å²) in [6.07, 6.45) is 0.247. The highest BCUT2D eigenvalue weighted by Crippen LogP contribution is 2.29. The number of carbonyl (C=O) groups excluding carboxylic acids is 2. The molecule has 0 aromatic heterocycles. The molecule has 0 aliphatic carbocycles. The standard InChI is InChI=1S/C19H23N3O5S/c1-4-19(24)21-17-12-16(9-10-18(17)27-5-2)28(25,26)22-15-8-6-7-14(11-15)20-13(3)23/h6-12,22H,4-5H2,1-3H3,(H,20,23)(H,21,24). The normalized spacial score (nSPS) is 10.8. The number of sulfonamides is 1. The predicted molar refractivity (Wildman–Crippen MR) is 108 cm³/mol. The first-order valence-electron chi connectivity index (χ1n) is 8.72. The molecule has 0 atom stereocenters. The maximum Gasteiger partial charge on any atom is 0.261 e. The Morgan fingerprint density at radius 1 is 1.00 bits per heavy atom. The highest BCUT2D eigenvalue weighted by molar-refractivity contribution is 7.92. The maximum absolute atomic E-state index is 12.8. The lowest BCUT2D eigenvalue weighted by Gasteiger charge is -2.14. The van der Waals surface area contributed by atoms with Crippen molar-refractivity contribution in [2.24, 2.45) is 0 Å². The third kappa shape index (κ3) is 5.71. The van der Waals surface area contributed by atoms with Gasteiger partial charge >= 0.3 is 0 Å². The van der Waals surface area contributed by atoms with Crippen molar-refractivity contribution in [1.82, 2.24) is 0 Å². The van der Waals surface area contributed by atoms with Gasteiger partial charge in [-0.3, -0.25) is 14.3 Å². The van der Waals surface area contributed by atoms with Crippen molar-refractivity contribution < 1.29 is 22.7 Å². The minimum Gasteiger partial charge on any atom is -0.492 e. The van der Waals surface area contributed by atoms with E-state index in [9.17, 15) is 18.0 Å². The number of carbonyl (C=O) groups is 2. The van der Waals surface area contributed by atoms with Gasteiger partial charge in [-0.25, -0.2) is 8.42 Å². The third-order valence-electron chi connectivity index (χ3n) is 3.59. The zero-order chi connectivity index (χ0) is 20.7. The monoisotopic (exact) mass is 405 g/mol. The van der Waals surface area contributed by atoms with Gasteiger partial charge in [-0.15, -0.1) is 0 Å². The molecular formula is C19H23N3O5S. The van der Waals surface area contributed by atoms with E-state index in [2.05, 4.69) is 15.4 Å². The molecule has 28 heavy (non-hydrogen) atoms. The molecule has 2 amide bonds. The molecule has 0 saturated heterocycles. The van der Waals surface area contributed by atoms with Crippen molar-refractivity contribution in [3.63, 3.8) is 0 Å². The number of hydrogen-bond acceptors (Lipinski definition) is 5. The van der Waals surface area contributed by atoms with Crippen LogP contribution in [0.15, 0.2) is 47.4 Å². The van der Waals surface area contributed by atoms with Crippen LogP contribution in [0.3, 0.4) is 0 Å². The van der Waals surface area contributed by atoms with Crippen molar-refractivity contribution >= 4 is 38.9 Å². The van der Waals surface area contributed by atoms with E-state index in [1.165, 1.54) is 31.2 Å². The van der Waals surface area contributed by atoms with Crippen LogP contribution in [-0.4, -0.2) is 26.8 Å². The number of ether oxygens (including phenoxy) is 1. The molecule has 0 unspecified atom stereocenters. The molecule has 0 fully saturated rings. The van der Waals surface area contributed by atoms with Gasteiger partial charge in [0.25, 0.3) is 10.0 Å². The molecule has 150 valence electrons. The van der Waals surface area contributed by atoms with Crippen molar-refractivity contribution in [3.05, 3.63) is 42.5 Å². The van der Waals surface area contributed by atoms with Gasteiger partial charge in [0.15, 0.2) is 0 Å². The van der Waals surface area contributed by atoms with E-state index >= 15 is 0 Å². The number of anilines is 3. The summed E-state index contributed by atoms with van der Waals surface area (Å²) in [5.74, 6) is -0.134. The zero-order valence-corrected chi connectivity index (χ0v) is 16.7. The Balaban J connectivity index is 2.33. The Morgan fingerprint density at radius 2 is 1.71 bits per heavy atom. The van der Waals surface area contributed by atoms with Crippen LogP contribution in [0.1, 0.15) is 27.2 Å². The molecule has 0 radical (unpaired) electrons. The first kappa shape index (κ1) is 21.2. The number of benzene rings is 2. The summed E-state index contributed by atoms with van der Waals surface area (Å²) < 4.78 is 33.4.